The lowest BCUT2D eigenvalue weighted by molar-refractivity contribution is -0.128. The lowest BCUT2D eigenvalue weighted by Crippen LogP contribution is -2.49. The Balaban J connectivity index is 0.000000822. The van der Waals surface area contributed by atoms with E-state index in [1.165, 1.54) is 24.7 Å². The highest BCUT2D eigenvalue weighted by Crippen LogP contribution is 2.40. The van der Waals surface area contributed by atoms with E-state index >= 15 is 0 Å². The number of carbonyl (C=O) groups is 1. The average Bonchev–Trinajstić information content (AvgIpc) is 3.68. The van der Waals surface area contributed by atoms with Crippen LogP contribution in [0.4, 0.5) is 10.1 Å². The molecule has 246 valence electrons. The first-order valence-electron chi connectivity index (χ1n) is 16.4. The van der Waals surface area contributed by atoms with Gasteiger partial charge in [0.1, 0.15) is 12.1 Å². The molecule has 4 aromatic rings. The van der Waals surface area contributed by atoms with E-state index in [-0.39, 0.29) is 5.54 Å². The fraction of sp³-hybridized carbons (Fsp3) is 0.405. The van der Waals surface area contributed by atoms with Crippen LogP contribution in [-0.2, 0) is 4.79 Å². The van der Waals surface area contributed by atoms with Gasteiger partial charge in [-0.25, -0.2) is 9.37 Å². The van der Waals surface area contributed by atoms with Crippen LogP contribution in [0.25, 0.3) is 32.9 Å². The lowest BCUT2D eigenvalue weighted by Gasteiger charge is -2.36. The van der Waals surface area contributed by atoms with Crippen LogP contribution in [-0.4, -0.2) is 77.1 Å². The van der Waals surface area contributed by atoms with Gasteiger partial charge in [0, 0.05) is 61.3 Å². The number of aromatic nitrogens is 2. The number of carbonyl (C=O) groups excluding carboxylic acids is 1. The van der Waals surface area contributed by atoms with E-state index in [2.05, 4.69) is 40.6 Å². The minimum absolute atomic E-state index is 0.0946. The number of hydrogen-bond donors (Lipinski definition) is 0. The summed E-state index contributed by atoms with van der Waals surface area (Å²) in [6.07, 6.45) is 6.57. The Bertz CT molecular complexity index is 1780. The standard InChI is InChI=1S/C33H33ClFN5O2.C2H3N.C2H6/c1-22(35)32(41)39-16-14-38(15-17-39)28-19-29(42-21-33-10-4-12-40(33)13-5-11-33)37-27-18-24(20-36-31(27)28)25-8-2-6-23-7-3-9-26(34)30(23)25;1-2-3;1-2/h2-3,6-9,18-20H,1,4-5,10-17,21H2;1H3;1-2H3. The molecule has 0 bridgehead atoms. The number of amides is 1. The number of nitrogens with zero attached hydrogens (tertiary/aromatic N) is 6. The molecule has 47 heavy (non-hydrogen) atoms. The average molecular weight is 657 g/mol. The van der Waals surface area contributed by atoms with Gasteiger partial charge in [-0.2, -0.15) is 5.26 Å². The summed E-state index contributed by atoms with van der Waals surface area (Å²) in [5.74, 6) is -1.01. The highest BCUT2D eigenvalue weighted by atomic mass is 35.5. The van der Waals surface area contributed by atoms with Gasteiger partial charge in [-0.15, -0.1) is 0 Å². The molecule has 3 fully saturated rings. The summed E-state index contributed by atoms with van der Waals surface area (Å²) in [7, 11) is 0. The van der Waals surface area contributed by atoms with Crippen LogP contribution in [0.3, 0.4) is 0 Å². The molecule has 7 rings (SSSR count). The van der Waals surface area contributed by atoms with Crippen LogP contribution in [0.2, 0.25) is 5.02 Å². The molecule has 0 unspecified atom stereocenters. The molecule has 3 saturated heterocycles. The van der Waals surface area contributed by atoms with E-state index in [1.807, 2.05) is 44.3 Å². The summed E-state index contributed by atoms with van der Waals surface area (Å²) in [6.45, 7) is 13.4. The summed E-state index contributed by atoms with van der Waals surface area (Å²) < 4.78 is 20.0. The van der Waals surface area contributed by atoms with Gasteiger partial charge in [0.2, 0.25) is 5.88 Å². The number of hydrogen-bond acceptors (Lipinski definition) is 7. The second-order valence-corrected chi connectivity index (χ2v) is 12.2. The van der Waals surface area contributed by atoms with Gasteiger partial charge < -0.3 is 14.5 Å². The molecule has 0 saturated carbocycles. The number of piperazine rings is 1. The van der Waals surface area contributed by atoms with Gasteiger partial charge in [0.15, 0.2) is 5.83 Å². The van der Waals surface area contributed by atoms with Crippen LogP contribution in [0.1, 0.15) is 46.5 Å². The Morgan fingerprint density at radius 3 is 2.38 bits per heavy atom. The van der Waals surface area contributed by atoms with Gasteiger partial charge in [0.25, 0.3) is 5.91 Å². The van der Waals surface area contributed by atoms with Crippen LogP contribution in [0, 0.1) is 11.3 Å². The van der Waals surface area contributed by atoms with Crippen molar-refractivity contribution in [2.24, 2.45) is 0 Å². The van der Waals surface area contributed by atoms with E-state index in [1.54, 1.807) is 6.07 Å². The number of ether oxygens (including phenoxy) is 1. The van der Waals surface area contributed by atoms with Crippen molar-refractivity contribution in [3.05, 3.63) is 72.2 Å². The quantitative estimate of drug-likeness (QED) is 0.196. The van der Waals surface area contributed by atoms with Crippen molar-refractivity contribution in [3.63, 3.8) is 0 Å². The number of anilines is 1. The van der Waals surface area contributed by atoms with Gasteiger partial charge in [0.05, 0.1) is 22.8 Å². The molecule has 0 spiro atoms. The number of benzene rings is 2. The Labute approximate surface area is 281 Å². The number of rotatable bonds is 6. The van der Waals surface area contributed by atoms with Gasteiger partial charge in [-0.3, -0.25) is 14.7 Å². The molecule has 10 heteroatoms. The maximum Gasteiger partial charge on any atom is 0.282 e. The second kappa shape index (κ2) is 15.1. The molecule has 3 aliphatic heterocycles. The highest BCUT2D eigenvalue weighted by molar-refractivity contribution is 6.36. The maximum absolute atomic E-state index is 13.5. The minimum atomic E-state index is -0.927. The third-order valence-electron chi connectivity index (χ3n) is 9.21. The Kier molecular flexibility index (Phi) is 10.9. The first-order valence-corrected chi connectivity index (χ1v) is 16.8. The van der Waals surface area contributed by atoms with Crippen molar-refractivity contribution >= 4 is 45.0 Å². The number of fused-ring (bicyclic) bond motifs is 3. The normalized spacial score (nSPS) is 16.9. The second-order valence-electron chi connectivity index (χ2n) is 11.8. The zero-order valence-electron chi connectivity index (χ0n) is 27.4. The zero-order valence-corrected chi connectivity index (χ0v) is 28.2. The summed E-state index contributed by atoms with van der Waals surface area (Å²) in [4.78, 5) is 28.3. The van der Waals surface area contributed by atoms with Crippen molar-refractivity contribution in [3.8, 4) is 23.1 Å². The fourth-order valence-electron chi connectivity index (χ4n) is 7.06. The molecule has 5 heterocycles. The molecule has 0 aliphatic carbocycles. The molecular formula is C37H42ClFN6O2. The van der Waals surface area contributed by atoms with Crippen LogP contribution >= 0.6 is 11.6 Å². The Morgan fingerprint density at radius 1 is 1.06 bits per heavy atom. The van der Waals surface area contributed by atoms with Crippen LogP contribution in [0.15, 0.2) is 67.1 Å². The van der Waals surface area contributed by atoms with E-state index in [4.69, 9.17) is 31.6 Å². The third-order valence-corrected chi connectivity index (χ3v) is 9.52. The number of pyridine rings is 2. The summed E-state index contributed by atoms with van der Waals surface area (Å²) in [5, 5.41) is 10.0. The van der Waals surface area contributed by atoms with Crippen molar-refractivity contribution < 1.29 is 13.9 Å². The lowest BCUT2D eigenvalue weighted by atomic mass is 9.95. The minimum Gasteiger partial charge on any atom is -0.476 e. The van der Waals surface area contributed by atoms with Gasteiger partial charge >= 0.3 is 0 Å². The Morgan fingerprint density at radius 2 is 1.72 bits per heavy atom. The maximum atomic E-state index is 13.5. The first kappa shape index (κ1) is 34.1. The van der Waals surface area contributed by atoms with E-state index < -0.39 is 11.7 Å². The number of halogens is 2. The molecule has 0 radical (unpaired) electrons. The molecular weight excluding hydrogens is 615 g/mol. The Hall–Kier alpha value is -4.26. The number of nitriles is 1. The van der Waals surface area contributed by atoms with Gasteiger partial charge in [-0.1, -0.05) is 62.4 Å². The molecule has 1 amide bonds. The topological polar surface area (TPSA) is 85.6 Å². The molecule has 3 aliphatic rings. The summed E-state index contributed by atoms with van der Waals surface area (Å²) in [5.41, 5.74) is 4.39. The largest absolute Gasteiger partial charge is 0.476 e. The van der Waals surface area contributed by atoms with Crippen LogP contribution < -0.4 is 9.64 Å². The van der Waals surface area contributed by atoms with E-state index in [0.717, 1.165) is 64.6 Å². The van der Waals surface area contributed by atoms with E-state index in [9.17, 15) is 9.18 Å². The monoisotopic (exact) mass is 656 g/mol. The fourth-order valence-corrected chi connectivity index (χ4v) is 7.34. The predicted octanol–water partition coefficient (Wildman–Crippen LogP) is 7.80. The SMILES string of the molecule is C=C(F)C(=O)N1CCN(c2cc(OCC34CCCN3CCC4)nc3cc(-c4cccc5cccc(Cl)c45)cnc23)CC1.CC.CC#N. The highest BCUT2D eigenvalue weighted by Gasteiger charge is 2.45. The van der Waals surface area contributed by atoms with Crippen molar-refractivity contribution in [1.29, 1.82) is 5.26 Å². The van der Waals surface area contributed by atoms with E-state index in [0.29, 0.717) is 43.7 Å². The van der Waals surface area contributed by atoms with Crippen LogP contribution in [0.5, 0.6) is 5.88 Å². The molecule has 0 N–H and O–H groups in total. The zero-order chi connectivity index (χ0) is 33.6. The third kappa shape index (κ3) is 7.04. The molecule has 8 nitrogen and oxygen atoms in total. The summed E-state index contributed by atoms with van der Waals surface area (Å²) in [6, 6.07) is 17.8. The smallest absolute Gasteiger partial charge is 0.282 e. The first-order chi connectivity index (χ1) is 22.8. The van der Waals surface area contributed by atoms with Crippen molar-refractivity contribution in [2.45, 2.75) is 52.0 Å². The molecule has 0 atom stereocenters. The van der Waals surface area contributed by atoms with Crippen molar-refractivity contribution in [1.82, 2.24) is 19.8 Å². The predicted molar refractivity (Wildman–Crippen MR) is 187 cm³/mol. The molecule has 2 aromatic heterocycles. The van der Waals surface area contributed by atoms with Gasteiger partial charge in [-0.05, 0) is 61.9 Å². The molecule has 2 aromatic carbocycles. The van der Waals surface area contributed by atoms with Crippen molar-refractivity contribution in [2.75, 3.05) is 50.8 Å². The summed E-state index contributed by atoms with van der Waals surface area (Å²) >= 11 is 6.66.